The topological polar surface area (TPSA) is 60.8 Å². The van der Waals surface area contributed by atoms with Crippen molar-refractivity contribution in [3.8, 4) is 0 Å². The molecule has 2 atom stereocenters. The van der Waals surface area contributed by atoms with Crippen molar-refractivity contribution in [1.82, 2.24) is 4.90 Å². The maximum atomic E-state index is 11.4. The molecular weight excluding hydrogens is 170 g/mol. The van der Waals surface area contributed by atoms with E-state index in [1.54, 1.807) is 0 Å². The smallest absolute Gasteiger partial charge is 0.225 e. The van der Waals surface area contributed by atoms with Crippen LogP contribution in [0.5, 0.6) is 0 Å². The number of fused-ring (bicyclic) bond motifs is 1. The fourth-order valence-corrected chi connectivity index (χ4v) is 2.48. The summed E-state index contributed by atoms with van der Waals surface area (Å²) < 4.78 is 0. The molecule has 0 radical (unpaired) electrons. The number of carbonyl (C=O) groups excluding carboxylic acids is 1. The van der Waals surface area contributed by atoms with Crippen molar-refractivity contribution in [1.29, 1.82) is 0 Å². The summed E-state index contributed by atoms with van der Waals surface area (Å²) in [7, 11) is 0. The van der Waals surface area contributed by atoms with E-state index in [2.05, 4.69) is 0 Å². The molecule has 2 fully saturated rings. The first-order valence-corrected chi connectivity index (χ1v) is 4.82. The maximum absolute atomic E-state index is 11.4. The Balaban J connectivity index is 2.24. The van der Waals surface area contributed by atoms with Crippen LogP contribution in [0.25, 0.3) is 0 Å². The van der Waals surface area contributed by atoms with Crippen molar-refractivity contribution in [2.45, 2.75) is 31.4 Å². The van der Waals surface area contributed by atoms with Crippen molar-refractivity contribution < 1.29 is 15.0 Å². The van der Waals surface area contributed by atoms with Crippen molar-refractivity contribution in [3.05, 3.63) is 0 Å². The summed E-state index contributed by atoms with van der Waals surface area (Å²) in [5.74, 6) is -0.117. The zero-order valence-electron chi connectivity index (χ0n) is 7.57. The van der Waals surface area contributed by atoms with Crippen LogP contribution in [0.1, 0.15) is 25.7 Å². The average molecular weight is 185 g/mol. The van der Waals surface area contributed by atoms with Crippen LogP contribution in [0.2, 0.25) is 0 Å². The molecule has 0 bridgehead atoms. The van der Waals surface area contributed by atoms with Gasteiger partial charge in [0, 0.05) is 25.3 Å². The predicted molar refractivity (Wildman–Crippen MR) is 45.7 cm³/mol. The van der Waals surface area contributed by atoms with Crippen LogP contribution in [0, 0.1) is 5.92 Å². The minimum Gasteiger partial charge on any atom is -0.396 e. The predicted octanol–water partition coefficient (Wildman–Crippen LogP) is -0.300. The van der Waals surface area contributed by atoms with E-state index in [1.807, 2.05) is 0 Å². The van der Waals surface area contributed by atoms with E-state index in [9.17, 15) is 9.90 Å². The Hall–Kier alpha value is -0.610. The molecule has 2 heterocycles. The molecular formula is C9H15NO3. The summed E-state index contributed by atoms with van der Waals surface area (Å²) in [6.07, 6.45) is 2.61. The molecule has 13 heavy (non-hydrogen) atoms. The van der Waals surface area contributed by atoms with Gasteiger partial charge in [-0.3, -0.25) is 4.79 Å². The van der Waals surface area contributed by atoms with Gasteiger partial charge in [0.25, 0.3) is 0 Å². The van der Waals surface area contributed by atoms with Crippen LogP contribution >= 0.6 is 0 Å². The van der Waals surface area contributed by atoms with E-state index in [0.29, 0.717) is 19.4 Å². The highest BCUT2D eigenvalue weighted by Crippen LogP contribution is 2.39. The molecule has 74 valence electrons. The standard InChI is InChI=1S/C9H15NO3/c11-6-7-2-1-5-10-8(12)3-4-9(7,10)13/h7,11,13H,1-6H2. The molecule has 2 N–H and O–H groups in total. The van der Waals surface area contributed by atoms with Gasteiger partial charge in [0.05, 0.1) is 6.61 Å². The van der Waals surface area contributed by atoms with E-state index in [-0.39, 0.29) is 18.4 Å². The maximum Gasteiger partial charge on any atom is 0.225 e. The van der Waals surface area contributed by atoms with Gasteiger partial charge in [-0.15, -0.1) is 0 Å². The number of amides is 1. The Labute approximate surface area is 77.2 Å². The van der Waals surface area contributed by atoms with Gasteiger partial charge in [-0.05, 0) is 12.8 Å². The monoisotopic (exact) mass is 185 g/mol. The summed E-state index contributed by atoms with van der Waals surface area (Å²) in [5.41, 5.74) is -1.04. The lowest BCUT2D eigenvalue weighted by atomic mass is 9.86. The summed E-state index contributed by atoms with van der Waals surface area (Å²) in [5, 5.41) is 19.3. The first-order chi connectivity index (χ1) is 6.18. The van der Waals surface area contributed by atoms with Gasteiger partial charge < -0.3 is 15.1 Å². The van der Waals surface area contributed by atoms with Crippen LogP contribution in [-0.2, 0) is 4.79 Å². The minimum atomic E-state index is -1.04. The Bertz CT molecular complexity index is 231. The molecule has 0 aromatic heterocycles. The average Bonchev–Trinajstić information content (AvgIpc) is 2.43. The third-order valence-corrected chi connectivity index (χ3v) is 3.28. The molecule has 0 aromatic rings. The Morgan fingerprint density at radius 2 is 2.38 bits per heavy atom. The van der Waals surface area contributed by atoms with Crippen LogP contribution in [0.15, 0.2) is 0 Å². The third kappa shape index (κ3) is 1.16. The number of aliphatic hydroxyl groups is 2. The first-order valence-electron chi connectivity index (χ1n) is 4.82. The Morgan fingerprint density at radius 3 is 3.08 bits per heavy atom. The lowest BCUT2D eigenvalue weighted by Gasteiger charge is -2.43. The number of nitrogens with zero attached hydrogens (tertiary/aromatic N) is 1. The van der Waals surface area contributed by atoms with Gasteiger partial charge in [-0.1, -0.05) is 0 Å². The van der Waals surface area contributed by atoms with Crippen LogP contribution < -0.4 is 0 Å². The number of hydrogen-bond donors (Lipinski definition) is 2. The second-order valence-electron chi connectivity index (χ2n) is 3.95. The van der Waals surface area contributed by atoms with Crippen molar-refractivity contribution in [3.63, 3.8) is 0 Å². The number of hydrogen-bond acceptors (Lipinski definition) is 3. The Kier molecular flexibility index (Phi) is 2.04. The molecule has 4 nitrogen and oxygen atoms in total. The molecule has 0 spiro atoms. The molecule has 4 heteroatoms. The number of aliphatic hydroxyl groups excluding tert-OH is 1. The SMILES string of the molecule is O=C1CCC2(O)C(CO)CCCN12. The Morgan fingerprint density at radius 1 is 1.62 bits per heavy atom. The van der Waals surface area contributed by atoms with E-state index in [4.69, 9.17) is 5.11 Å². The van der Waals surface area contributed by atoms with Gasteiger partial charge in [-0.25, -0.2) is 0 Å². The summed E-state index contributed by atoms with van der Waals surface area (Å²) in [6.45, 7) is 0.617. The van der Waals surface area contributed by atoms with Crippen LogP contribution in [0.3, 0.4) is 0 Å². The quantitative estimate of drug-likeness (QED) is 0.589. The number of carbonyl (C=O) groups is 1. The third-order valence-electron chi connectivity index (χ3n) is 3.28. The molecule has 0 aliphatic carbocycles. The van der Waals surface area contributed by atoms with Crippen LogP contribution in [-0.4, -0.2) is 39.9 Å². The summed E-state index contributed by atoms with van der Waals surface area (Å²) >= 11 is 0. The molecule has 2 aliphatic heterocycles. The molecule has 0 aromatic carbocycles. The normalized spacial score (nSPS) is 39.4. The number of piperidine rings is 1. The lowest BCUT2D eigenvalue weighted by molar-refractivity contribution is -0.172. The fraction of sp³-hybridized carbons (Fsp3) is 0.889. The lowest BCUT2D eigenvalue weighted by Crippen LogP contribution is -2.55. The highest BCUT2D eigenvalue weighted by Gasteiger charge is 2.50. The molecule has 1 amide bonds. The molecule has 0 saturated carbocycles. The van der Waals surface area contributed by atoms with E-state index >= 15 is 0 Å². The second kappa shape index (κ2) is 2.96. The van der Waals surface area contributed by atoms with Gasteiger partial charge in [0.15, 0.2) is 0 Å². The van der Waals surface area contributed by atoms with Gasteiger partial charge >= 0.3 is 0 Å². The molecule has 2 unspecified atom stereocenters. The molecule has 2 saturated heterocycles. The van der Waals surface area contributed by atoms with Gasteiger partial charge in [0.1, 0.15) is 5.72 Å². The first kappa shape index (κ1) is 8.97. The second-order valence-corrected chi connectivity index (χ2v) is 3.95. The van der Waals surface area contributed by atoms with E-state index in [0.717, 1.165) is 12.8 Å². The highest BCUT2D eigenvalue weighted by molar-refractivity contribution is 5.79. The van der Waals surface area contributed by atoms with E-state index < -0.39 is 5.72 Å². The van der Waals surface area contributed by atoms with Gasteiger partial charge in [-0.2, -0.15) is 0 Å². The number of rotatable bonds is 1. The van der Waals surface area contributed by atoms with Crippen molar-refractivity contribution >= 4 is 5.91 Å². The molecule has 2 rings (SSSR count). The zero-order chi connectivity index (χ0) is 9.47. The fourth-order valence-electron chi connectivity index (χ4n) is 2.48. The van der Waals surface area contributed by atoms with Gasteiger partial charge in [0.2, 0.25) is 5.91 Å². The zero-order valence-corrected chi connectivity index (χ0v) is 7.57. The van der Waals surface area contributed by atoms with Crippen LogP contribution in [0.4, 0.5) is 0 Å². The summed E-state index contributed by atoms with van der Waals surface area (Å²) in [4.78, 5) is 12.9. The summed E-state index contributed by atoms with van der Waals surface area (Å²) in [6, 6.07) is 0. The van der Waals surface area contributed by atoms with Crippen molar-refractivity contribution in [2.75, 3.05) is 13.2 Å². The van der Waals surface area contributed by atoms with Crippen molar-refractivity contribution in [2.24, 2.45) is 5.92 Å². The highest BCUT2D eigenvalue weighted by atomic mass is 16.3. The minimum absolute atomic E-state index is 0.0275. The van der Waals surface area contributed by atoms with E-state index in [1.165, 1.54) is 4.90 Å². The molecule has 2 aliphatic rings. The largest absolute Gasteiger partial charge is 0.396 e.